The highest BCUT2D eigenvalue weighted by molar-refractivity contribution is 5.71. The van der Waals surface area contributed by atoms with Crippen LogP contribution in [0.5, 0.6) is 0 Å². The fourth-order valence-corrected chi connectivity index (χ4v) is 2.63. The number of hydrogen-bond donors (Lipinski definition) is 1. The van der Waals surface area contributed by atoms with Crippen LogP contribution in [0, 0.1) is 11.3 Å². The van der Waals surface area contributed by atoms with E-state index in [0.29, 0.717) is 17.3 Å². The van der Waals surface area contributed by atoms with Gasteiger partial charge in [0.15, 0.2) is 6.73 Å². The maximum Gasteiger partial charge on any atom is 0.304 e. The number of carbonyl (C=O) groups is 1. The summed E-state index contributed by atoms with van der Waals surface area (Å²) in [6, 6.07) is 7.63. The summed E-state index contributed by atoms with van der Waals surface area (Å²) in [5.74, 6) is -0.305. The van der Waals surface area contributed by atoms with Gasteiger partial charge in [-0.25, -0.2) is 0 Å². The normalized spacial score (nSPS) is 14.8. The van der Waals surface area contributed by atoms with Crippen molar-refractivity contribution in [3.05, 3.63) is 23.8 Å². The van der Waals surface area contributed by atoms with Crippen LogP contribution in [0.4, 0.5) is 11.4 Å². The van der Waals surface area contributed by atoms with Crippen LogP contribution in [-0.2, 0) is 9.53 Å². The summed E-state index contributed by atoms with van der Waals surface area (Å²) < 4.78 is 5.15. The van der Waals surface area contributed by atoms with Gasteiger partial charge in [0.25, 0.3) is 0 Å². The monoisotopic (exact) mass is 273 g/mol. The molecule has 106 valence electrons. The van der Waals surface area contributed by atoms with Crippen LogP contribution in [0.1, 0.15) is 38.2 Å². The molecule has 1 aromatic carbocycles. The Morgan fingerprint density at radius 3 is 2.75 bits per heavy atom. The molecule has 0 spiro atoms. The molecular formula is C15H19N3O2. The molecule has 0 aliphatic heterocycles. The lowest BCUT2D eigenvalue weighted by Gasteiger charge is -2.31. The zero-order chi connectivity index (χ0) is 14.5. The van der Waals surface area contributed by atoms with Gasteiger partial charge < -0.3 is 15.4 Å². The van der Waals surface area contributed by atoms with Crippen molar-refractivity contribution in [1.82, 2.24) is 0 Å². The minimum atomic E-state index is -0.305. The molecule has 0 heterocycles. The molecule has 1 aromatic rings. The predicted molar refractivity (Wildman–Crippen MR) is 76.9 cm³/mol. The average Bonchev–Trinajstić information content (AvgIpc) is 2.94. The Kier molecular flexibility index (Phi) is 4.46. The zero-order valence-corrected chi connectivity index (χ0v) is 11.6. The number of esters is 1. The Morgan fingerprint density at radius 1 is 1.50 bits per heavy atom. The Bertz CT molecular complexity index is 530. The van der Waals surface area contributed by atoms with Gasteiger partial charge in [-0.05, 0) is 31.0 Å². The first-order valence-electron chi connectivity index (χ1n) is 6.81. The predicted octanol–water partition coefficient (Wildman–Crippen LogP) is 2.41. The smallest absolute Gasteiger partial charge is 0.304 e. The molecule has 1 aliphatic carbocycles. The molecule has 0 bridgehead atoms. The molecule has 2 N–H and O–H groups in total. The molecule has 0 amide bonds. The second kappa shape index (κ2) is 6.29. The lowest BCUT2D eigenvalue weighted by atomic mass is 10.1. The molecule has 0 unspecified atom stereocenters. The third-order valence-electron chi connectivity index (χ3n) is 3.64. The van der Waals surface area contributed by atoms with Gasteiger partial charge in [-0.1, -0.05) is 12.8 Å². The maximum atomic E-state index is 11.1. The largest absolute Gasteiger partial charge is 0.444 e. The van der Waals surface area contributed by atoms with Crippen molar-refractivity contribution < 1.29 is 9.53 Å². The molecule has 5 heteroatoms. The average molecular weight is 273 g/mol. The van der Waals surface area contributed by atoms with Crippen LogP contribution in [0.25, 0.3) is 0 Å². The van der Waals surface area contributed by atoms with E-state index < -0.39 is 0 Å². The van der Waals surface area contributed by atoms with Gasteiger partial charge in [0.2, 0.25) is 0 Å². The summed E-state index contributed by atoms with van der Waals surface area (Å²) in [7, 11) is 0. The van der Waals surface area contributed by atoms with Crippen LogP contribution < -0.4 is 10.6 Å². The number of rotatable bonds is 4. The number of nitriles is 1. The third-order valence-corrected chi connectivity index (χ3v) is 3.64. The number of carbonyl (C=O) groups excluding carboxylic acids is 1. The molecule has 0 aromatic heterocycles. The first-order valence-corrected chi connectivity index (χ1v) is 6.81. The molecule has 20 heavy (non-hydrogen) atoms. The molecule has 5 nitrogen and oxygen atoms in total. The number of benzene rings is 1. The maximum absolute atomic E-state index is 11.1. The molecule has 0 radical (unpaired) electrons. The van der Waals surface area contributed by atoms with Crippen molar-refractivity contribution >= 4 is 17.3 Å². The number of anilines is 2. The number of ether oxygens (including phenoxy) is 1. The first kappa shape index (κ1) is 14.2. The highest BCUT2D eigenvalue weighted by atomic mass is 16.5. The SMILES string of the molecule is CC(=O)OCN(c1ccc(C#N)cc1N)C1CCCC1. The Hall–Kier alpha value is -2.22. The van der Waals surface area contributed by atoms with Crippen molar-refractivity contribution in [2.75, 3.05) is 17.4 Å². The number of nitrogens with two attached hydrogens (primary N) is 1. The zero-order valence-electron chi connectivity index (χ0n) is 11.6. The summed E-state index contributed by atoms with van der Waals surface area (Å²) in [6.45, 7) is 1.60. The summed E-state index contributed by atoms with van der Waals surface area (Å²) in [4.78, 5) is 13.1. The second-order valence-corrected chi connectivity index (χ2v) is 5.06. The molecule has 1 saturated carbocycles. The van der Waals surface area contributed by atoms with E-state index in [-0.39, 0.29) is 12.7 Å². The summed E-state index contributed by atoms with van der Waals surface area (Å²) in [5, 5.41) is 8.89. The highest BCUT2D eigenvalue weighted by Crippen LogP contribution is 2.32. The van der Waals surface area contributed by atoms with E-state index in [9.17, 15) is 4.79 Å². The van der Waals surface area contributed by atoms with E-state index in [0.717, 1.165) is 18.5 Å². The second-order valence-electron chi connectivity index (χ2n) is 5.06. The quantitative estimate of drug-likeness (QED) is 0.517. The lowest BCUT2D eigenvalue weighted by molar-refractivity contribution is -0.141. The number of nitrogen functional groups attached to an aromatic ring is 1. The standard InChI is InChI=1S/C15H19N3O2/c1-11(19)20-10-18(13-4-2-3-5-13)15-7-6-12(9-16)8-14(15)17/h6-8,13H,2-5,10,17H2,1H3. The molecule has 0 atom stereocenters. The van der Waals surface area contributed by atoms with E-state index in [1.165, 1.54) is 19.8 Å². The van der Waals surface area contributed by atoms with E-state index in [1.54, 1.807) is 12.1 Å². The van der Waals surface area contributed by atoms with Gasteiger partial charge in [-0.15, -0.1) is 0 Å². The minimum absolute atomic E-state index is 0.204. The van der Waals surface area contributed by atoms with Crippen LogP contribution in [0.3, 0.4) is 0 Å². The van der Waals surface area contributed by atoms with Gasteiger partial charge in [0, 0.05) is 13.0 Å². The molecule has 2 rings (SSSR count). The van der Waals surface area contributed by atoms with E-state index in [4.69, 9.17) is 15.7 Å². The van der Waals surface area contributed by atoms with Gasteiger partial charge in [0.05, 0.1) is 23.0 Å². The van der Waals surface area contributed by atoms with E-state index in [2.05, 4.69) is 6.07 Å². The van der Waals surface area contributed by atoms with Gasteiger partial charge in [-0.2, -0.15) is 5.26 Å². The van der Waals surface area contributed by atoms with Crippen LogP contribution >= 0.6 is 0 Å². The third kappa shape index (κ3) is 3.21. The van der Waals surface area contributed by atoms with Gasteiger partial charge >= 0.3 is 5.97 Å². The molecule has 1 aliphatic rings. The molecule has 0 saturated heterocycles. The van der Waals surface area contributed by atoms with Crippen LogP contribution in [0.2, 0.25) is 0 Å². The topological polar surface area (TPSA) is 79.3 Å². The molecular weight excluding hydrogens is 254 g/mol. The fourth-order valence-electron chi connectivity index (χ4n) is 2.63. The van der Waals surface area contributed by atoms with Crippen molar-refractivity contribution in [2.45, 2.75) is 38.6 Å². The van der Waals surface area contributed by atoms with Gasteiger partial charge in [-0.3, -0.25) is 4.79 Å². The minimum Gasteiger partial charge on any atom is -0.444 e. The Labute approximate surface area is 118 Å². The van der Waals surface area contributed by atoms with Crippen molar-refractivity contribution in [3.63, 3.8) is 0 Å². The van der Waals surface area contributed by atoms with Crippen molar-refractivity contribution in [2.24, 2.45) is 0 Å². The fraction of sp³-hybridized carbons (Fsp3) is 0.467. The number of hydrogen-bond acceptors (Lipinski definition) is 5. The van der Waals surface area contributed by atoms with Crippen molar-refractivity contribution in [1.29, 1.82) is 5.26 Å². The lowest BCUT2D eigenvalue weighted by Crippen LogP contribution is -2.36. The summed E-state index contributed by atoms with van der Waals surface area (Å²) in [5.41, 5.74) is 7.95. The van der Waals surface area contributed by atoms with E-state index >= 15 is 0 Å². The highest BCUT2D eigenvalue weighted by Gasteiger charge is 2.25. The van der Waals surface area contributed by atoms with E-state index in [1.807, 2.05) is 11.0 Å². The molecule has 1 fully saturated rings. The summed E-state index contributed by atoms with van der Waals surface area (Å²) >= 11 is 0. The van der Waals surface area contributed by atoms with Crippen molar-refractivity contribution in [3.8, 4) is 6.07 Å². The summed E-state index contributed by atoms with van der Waals surface area (Å²) in [6.07, 6.45) is 4.50. The van der Waals surface area contributed by atoms with Crippen LogP contribution in [-0.4, -0.2) is 18.7 Å². The Morgan fingerprint density at radius 2 is 2.20 bits per heavy atom. The van der Waals surface area contributed by atoms with Gasteiger partial charge in [0.1, 0.15) is 0 Å². The Balaban J connectivity index is 2.25. The number of nitrogens with zero attached hydrogens (tertiary/aromatic N) is 2. The first-order chi connectivity index (χ1) is 9.61. The van der Waals surface area contributed by atoms with Crippen LogP contribution in [0.15, 0.2) is 18.2 Å².